The van der Waals surface area contributed by atoms with Crippen molar-refractivity contribution in [3.8, 4) is 0 Å². The third kappa shape index (κ3) is 3.80. The average molecular weight is 324 g/mol. The zero-order valence-electron chi connectivity index (χ0n) is 15.3. The van der Waals surface area contributed by atoms with Crippen molar-refractivity contribution in [1.29, 1.82) is 0 Å². The van der Waals surface area contributed by atoms with E-state index in [0.717, 1.165) is 32.1 Å². The minimum atomic E-state index is -0.176. The van der Waals surface area contributed by atoms with Crippen LogP contribution in [0.2, 0.25) is 0 Å². The molecule has 2 aliphatic heterocycles. The Morgan fingerprint density at radius 2 is 2.00 bits per heavy atom. The van der Waals surface area contributed by atoms with Gasteiger partial charge in [-0.2, -0.15) is 0 Å². The van der Waals surface area contributed by atoms with Crippen molar-refractivity contribution < 1.29 is 19.0 Å². The molecule has 2 saturated heterocycles. The van der Waals surface area contributed by atoms with Crippen LogP contribution >= 0.6 is 0 Å². The highest BCUT2D eigenvalue weighted by atomic mass is 16.6. The fourth-order valence-electron chi connectivity index (χ4n) is 4.18. The van der Waals surface area contributed by atoms with Gasteiger partial charge in [0, 0.05) is 6.42 Å². The molecule has 0 bridgehead atoms. The van der Waals surface area contributed by atoms with E-state index < -0.39 is 0 Å². The van der Waals surface area contributed by atoms with Gasteiger partial charge in [-0.25, -0.2) is 0 Å². The van der Waals surface area contributed by atoms with Gasteiger partial charge in [0.05, 0.1) is 35.6 Å². The predicted octanol–water partition coefficient (Wildman–Crippen LogP) is 3.66. The Kier molecular flexibility index (Phi) is 4.40. The van der Waals surface area contributed by atoms with Crippen LogP contribution in [0.5, 0.6) is 0 Å². The summed E-state index contributed by atoms with van der Waals surface area (Å²) in [6.45, 7) is 10.9. The van der Waals surface area contributed by atoms with E-state index in [1.807, 2.05) is 0 Å². The van der Waals surface area contributed by atoms with Gasteiger partial charge in [-0.1, -0.05) is 0 Å². The molecule has 0 spiro atoms. The number of Topliss-reactive ketones (excluding diaryl/α,β-unsaturated/α-hetero) is 1. The molecule has 0 N–H and O–H groups in total. The molecule has 0 radical (unpaired) electrons. The summed E-state index contributed by atoms with van der Waals surface area (Å²) >= 11 is 0. The van der Waals surface area contributed by atoms with E-state index in [9.17, 15) is 4.79 Å². The number of rotatable bonds is 8. The Hall–Kier alpha value is -0.450. The molecule has 23 heavy (non-hydrogen) atoms. The van der Waals surface area contributed by atoms with Crippen LogP contribution in [0.4, 0.5) is 0 Å². The molecular formula is C19H32O4. The molecule has 4 heteroatoms. The zero-order valence-corrected chi connectivity index (χ0v) is 15.3. The molecule has 3 fully saturated rings. The molecule has 1 aliphatic carbocycles. The Labute approximate surface area is 140 Å². The summed E-state index contributed by atoms with van der Waals surface area (Å²) in [7, 11) is 0. The van der Waals surface area contributed by atoms with Gasteiger partial charge in [0.2, 0.25) is 0 Å². The molecule has 5 atom stereocenters. The summed E-state index contributed by atoms with van der Waals surface area (Å²) < 4.78 is 17.9. The summed E-state index contributed by atoms with van der Waals surface area (Å²) in [5, 5.41) is 0. The zero-order chi connectivity index (χ0) is 16.9. The lowest BCUT2D eigenvalue weighted by molar-refractivity contribution is -0.123. The standard InChI is InChI=1S/C19H32O4/c1-13(20)8-11-21-18(4,10-7-15-17(2,3)22-15)14-6-9-19(5)16(12-14)23-19/h14-16H,6-12H2,1-5H3. The molecule has 2 heterocycles. The van der Waals surface area contributed by atoms with E-state index in [1.165, 1.54) is 0 Å². The molecule has 0 aromatic carbocycles. The maximum absolute atomic E-state index is 11.2. The Bertz CT molecular complexity index is 474. The normalized spacial score (nSPS) is 40.1. The van der Waals surface area contributed by atoms with E-state index in [4.69, 9.17) is 14.2 Å². The average Bonchev–Trinajstić information content (AvgIpc) is 3.29. The first kappa shape index (κ1) is 17.4. The second-order valence-electron chi connectivity index (χ2n) is 8.75. The topological polar surface area (TPSA) is 51.4 Å². The van der Waals surface area contributed by atoms with Crippen molar-refractivity contribution in [1.82, 2.24) is 0 Å². The van der Waals surface area contributed by atoms with E-state index >= 15 is 0 Å². The maximum atomic E-state index is 11.2. The van der Waals surface area contributed by atoms with Gasteiger partial charge in [-0.05, 0) is 72.6 Å². The first-order valence-electron chi connectivity index (χ1n) is 9.14. The third-order valence-corrected chi connectivity index (χ3v) is 6.34. The molecule has 0 aromatic heterocycles. The van der Waals surface area contributed by atoms with Gasteiger partial charge in [0.1, 0.15) is 5.78 Å². The first-order chi connectivity index (χ1) is 10.6. The van der Waals surface area contributed by atoms with Gasteiger partial charge in [0.25, 0.3) is 0 Å². The van der Waals surface area contributed by atoms with E-state index in [2.05, 4.69) is 27.7 Å². The lowest BCUT2D eigenvalue weighted by atomic mass is 9.72. The van der Waals surface area contributed by atoms with Crippen LogP contribution in [0.25, 0.3) is 0 Å². The fourth-order valence-corrected chi connectivity index (χ4v) is 4.18. The van der Waals surface area contributed by atoms with E-state index in [0.29, 0.717) is 31.2 Å². The molecule has 3 rings (SSSR count). The molecular weight excluding hydrogens is 292 g/mol. The van der Waals surface area contributed by atoms with Crippen LogP contribution in [0.1, 0.15) is 73.1 Å². The van der Waals surface area contributed by atoms with Gasteiger partial charge >= 0.3 is 0 Å². The summed E-state index contributed by atoms with van der Waals surface area (Å²) in [6, 6.07) is 0. The molecule has 1 saturated carbocycles. The molecule has 4 nitrogen and oxygen atoms in total. The van der Waals surface area contributed by atoms with Crippen LogP contribution < -0.4 is 0 Å². The maximum Gasteiger partial charge on any atom is 0.132 e. The first-order valence-corrected chi connectivity index (χ1v) is 9.14. The summed E-state index contributed by atoms with van der Waals surface area (Å²) in [5.74, 6) is 0.706. The number of hydrogen-bond acceptors (Lipinski definition) is 4. The lowest BCUT2D eigenvalue weighted by Crippen LogP contribution is -2.42. The summed E-state index contributed by atoms with van der Waals surface area (Å²) in [4.78, 5) is 11.2. The fraction of sp³-hybridized carbons (Fsp3) is 0.947. The van der Waals surface area contributed by atoms with Crippen LogP contribution in [0.3, 0.4) is 0 Å². The van der Waals surface area contributed by atoms with E-state index in [1.54, 1.807) is 6.92 Å². The lowest BCUT2D eigenvalue weighted by Gasteiger charge is -2.40. The number of fused-ring (bicyclic) bond motifs is 1. The van der Waals surface area contributed by atoms with E-state index in [-0.39, 0.29) is 22.6 Å². The SMILES string of the molecule is CC(=O)CCOC(C)(CCC1OC1(C)C)C1CCC2(C)OC2C1. The van der Waals surface area contributed by atoms with Gasteiger partial charge in [0.15, 0.2) is 0 Å². The van der Waals surface area contributed by atoms with Crippen LogP contribution in [-0.4, -0.2) is 41.4 Å². The number of ether oxygens (including phenoxy) is 3. The number of carbonyl (C=O) groups excluding carboxylic acids is 1. The summed E-state index contributed by atoms with van der Waals surface area (Å²) in [6.07, 6.45) is 6.65. The summed E-state index contributed by atoms with van der Waals surface area (Å²) in [5.41, 5.74) is -0.00577. The van der Waals surface area contributed by atoms with Crippen molar-refractivity contribution in [3.05, 3.63) is 0 Å². The highest BCUT2D eigenvalue weighted by molar-refractivity contribution is 5.75. The van der Waals surface area contributed by atoms with Crippen LogP contribution in [-0.2, 0) is 19.0 Å². The Morgan fingerprint density at radius 3 is 2.57 bits per heavy atom. The molecule has 0 aromatic rings. The second-order valence-corrected chi connectivity index (χ2v) is 8.75. The second kappa shape index (κ2) is 5.82. The van der Waals surface area contributed by atoms with Crippen LogP contribution in [0, 0.1) is 5.92 Å². The Balaban J connectivity index is 1.59. The predicted molar refractivity (Wildman–Crippen MR) is 88.5 cm³/mol. The number of epoxide rings is 2. The quantitative estimate of drug-likeness (QED) is 0.639. The van der Waals surface area contributed by atoms with Crippen molar-refractivity contribution in [2.45, 2.75) is 102 Å². The molecule has 132 valence electrons. The highest BCUT2D eigenvalue weighted by Gasteiger charge is 2.58. The van der Waals surface area contributed by atoms with Gasteiger partial charge in [-0.15, -0.1) is 0 Å². The smallest absolute Gasteiger partial charge is 0.132 e. The number of carbonyl (C=O) groups is 1. The largest absolute Gasteiger partial charge is 0.375 e. The van der Waals surface area contributed by atoms with Gasteiger partial charge in [-0.3, -0.25) is 4.79 Å². The Morgan fingerprint density at radius 1 is 1.30 bits per heavy atom. The van der Waals surface area contributed by atoms with Crippen molar-refractivity contribution >= 4 is 5.78 Å². The highest BCUT2D eigenvalue weighted by Crippen LogP contribution is 2.53. The molecule has 5 unspecified atom stereocenters. The van der Waals surface area contributed by atoms with Crippen molar-refractivity contribution in [2.24, 2.45) is 5.92 Å². The third-order valence-electron chi connectivity index (χ3n) is 6.34. The van der Waals surface area contributed by atoms with Crippen LogP contribution in [0.15, 0.2) is 0 Å². The number of ketones is 1. The minimum Gasteiger partial charge on any atom is -0.375 e. The monoisotopic (exact) mass is 324 g/mol. The molecule has 0 amide bonds. The van der Waals surface area contributed by atoms with Crippen molar-refractivity contribution in [2.75, 3.05) is 6.61 Å². The van der Waals surface area contributed by atoms with Gasteiger partial charge < -0.3 is 14.2 Å². The molecule has 3 aliphatic rings. The minimum absolute atomic E-state index is 0.0328. The van der Waals surface area contributed by atoms with Crippen molar-refractivity contribution in [3.63, 3.8) is 0 Å². The number of hydrogen-bond donors (Lipinski definition) is 0.